The molecule has 0 aromatic heterocycles. The van der Waals surface area contributed by atoms with Gasteiger partial charge in [0, 0.05) is 18.5 Å². The Hall–Kier alpha value is -2.33. The lowest BCUT2D eigenvalue weighted by Gasteiger charge is -2.51. The Morgan fingerprint density at radius 2 is 1.67 bits per heavy atom. The number of amides is 1. The van der Waals surface area contributed by atoms with Crippen molar-refractivity contribution in [3.8, 4) is 5.75 Å². The molecule has 0 saturated carbocycles. The smallest absolute Gasteiger partial charge is 0.257 e. The molecule has 4 nitrogen and oxygen atoms in total. The van der Waals surface area contributed by atoms with Crippen molar-refractivity contribution < 1.29 is 9.53 Å². The molecule has 6 rings (SSSR count). The van der Waals surface area contributed by atoms with Gasteiger partial charge in [-0.1, -0.05) is 42.5 Å². The third-order valence-corrected chi connectivity index (χ3v) is 6.82. The number of hydrogen-bond donors (Lipinski definition) is 0. The van der Waals surface area contributed by atoms with Crippen molar-refractivity contribution in [1.82, 2.24) is 9.80 Å². The van der Waals surface area contributed by atoms with Crippen molar-refractivity contribution in [3.05, 3.63) is 65.7 Å². The first-order valence-electron chi connectivity index (χ1n) is 10.0. The molecule has 4 heterocycles. The van der Waals surface area contributed by atoms with Gasteiger partial charge < -0.3 is 9.64 Å². The number of benzene rings is 2. The van der Waals surface area contributed by atoms with E-state index in [0.29, 0.717) is 35.2 Å². The summed E-state index contributed by atoms with van der Waals surface area (Å²) in [6.07, 6.45) is 2.41. The van der Waals surface area contributed by atoms with Crippen LogP contribution in [0.2, 0.25) is 0 Å². The Morgan fingerprint density at radius 1 is 0.963 bits per heavy atom. The SMILES string of the molecule is COc1ccccc1C(=O)N1C[C@@H](c2ccccc2)[C@H]2[C@@H]1C1CCN2CC1. The predicted molar refractivity (Wildman–Crippen MR) is 105 cm³/mol. The number of fused-ring (bicyclic) bond motifs is 2. The number of hydrogen-bond acceptors (Lipinski definition) is 3. The van der Waals surface area contributed by atoms with Gasteiger partial charge in [0.15, 0.2) is 0 Å². The van der Waals surface area contributed by atoms with Crippen LogP contribution < -0.4 is 4.74 Å². The van der Waals surface area contributed by atoms with Gasteiger partial charge in [0.05, 0.1) is 18.7 Å². The third kappa shape index (κ3) is 2.66. The quantitative estimate of drug-likeness (QED) is 0.839. The van der Waals surface area contributed by atoms with E-state index in [0.717, 1.165) is 6.54 Å². The number of piperidine rings is 3. The summed E-state index contributed by atoms with van der Waals surface area (Å²) < 4.78 is 5.48. The van der Waals surface area contributed by atoms with Crippen LogP contribution in [0.15, 0.2) is 54.6 Å². The number of nitrogens with zero attached hydrogens (tertiary/aromatic N) is 2. The van der Waals surface area contributed by atoms with E-state index in [-0.39, 0.29) is 5.91 Å². The van der Waals surface area contributed by atoms with Gasteiger partial charge in [-0.3, -0.25) is 9.69 Å². The van der Waals surface area contributed by atoms with Gasteiger partial charge in [-0.2, -0.15) is 0 Å². The number of ether oxygens (including phenoxy) is 1. The minimum atomic E-state index is 0.120. The summed E-state index contributed by atoms with van der Waals surface area (Å²) in [7, 11) is 1.64. The van der Waals surface area contributed by atoms with Gasteiger partial charge in [0.25, 0.3) is 5.91 Å². The molecule has 1 amide bonds. The lowest BCUT2D eigenvalue weighted by Crippen LogP contribution is -2.60. The molecule has 4 fully saturated rings. The third-order valence-electron chi connectivity index (χ3n) is 6.82. The minimum Gasteiger partial charge on any atom is -0.496 e. The first-order valence-corrected chi connectivity index (χ1v) is 10.0. The Bertz CT molecular complexity index is 829. The van der Waals surface area contributed by atoms with E-state index < -0.39 is 0 Å². The summed E-state index contributed by atoms with van der Waals surface area (Å²) in [5.74, 6) is 1.79. The van der Waals surface area contributed by atoms with Crippen molar-refractivity contribution in [2.24, 2.45) is 5.92 Å². The first kappa shape index (κ1) is 16.8. The lowest BCUT2D eigenvalue weighted by molar-refractivity contribution is -0.00348. The molecule has 140 valence electrons. The zero-order chi connectivity index (χ0) is 18.4. The molecule has 4 aliphatic heterocycles. The summed E-state index contributed by atoms with van der Waals surface area (Å²) >= 11 is 0. The number of rotatable bonds is 3. The molecular weight excluding hydrogens is 336 g/mol. The first-order chi connectivity index (χ1) is 13.3. The number of methoxy groups -OCH3 is 1. The second-order valence-corrected chi connectivity index (χ2v) is 8.03. The van der Waals surface area contributed by atoms with Gasteiger partial charge in [0.2, 0.25) is 0 Å². The van der Waals surface area contributed by atoms with E-state index in [1.165, 1.54) is 31.5 Å². The van der Waals surface area contributed by atoms with Crippen LogP contribution in [-0.2, 0) is 0 Å². The largest absolute Gasteiger partial charge is 0.496 e. The number of carbonyl (C=O) groups excluding carboxylic acids is 1. The monoisotopic (exact) mass is 362 g/mol. The fraction of sp³-hybridized carbons (Fsp3) is 0.435. The molecule has 4 heteroatoms. The van der Waals surface area contributed by atoms with E-state index in [4.69, 9.17) is 4.74 Å². The second kappa shape index (κ2) is 6.68. The molecule has 0 radical (unpaired) electrons. The number of carbonyl (C=O) groups is 1. The van der Waals surface area contributed by atoms with Crippen molar-refractivity contribution in [2.45, 2.75) is 30.8 Å². The molecule has 2 bridgehead atoms. The van der Waals surface area contributed by atoms with E-state index in [1.807, 2.05) is 24.3 Å². The Balaban J connectivity index is 1.54. The topological polar surface area (TPSA) is 32.8 Å². The zero-order valence-electron chi connectivity index (χ0n) is 15.8. The van der Waals surface area contributed by atoms with E-state index in [9.17, 15) is 4.79 Å². The summed E-state index contributed by atoms with van der Waals surface area (Å²) in [6.45, 7) is 3.14. The summed E-state index contributed by atoms with van der Waals surface area (Å²) in [6, 6.07) is 19.1. The average Bonchev–Trinajstić information content (AvgIpc) is 3.17. The van der Waals surface area contributed by atoms with E-state index >= 15 is 0 Å². The zero-order valence-corrected chi connectivity index (χ0v) is 15.8. The van der Waals surface area contributed by atoms with Gasteiger partial charge >= 0.3 is 0 Å². The Kier molecular flexibility index (Phi) is 4.16. The molecule has 0 N–H and O–H groups in total. The van der Waals surface area contributed by atoms with Gasteiger partial charge in [-0.05, 0) is 49.5 Å². The highest BCUT2D eigenvalue weighted by Crippen LogP contribution is 2.47. The molecule has 4 saturated heterocycles. The summed E-state index contributed by atoms with van der Waals surface area (Å²) in [4.78, 5) is 18.4. The minimum absolute atomic E-state index is 0.120. The predicted octanol–water partition coefficient (Wildman–Crippen LogP) is 3.40. The maximum Gasteiger partial charge on any atom is 0.257 e. The average molecular weight is 362 g/mol. The molecule has 2 aromatic rings. The second-order valence-electron chi connectivity index (χ2n) is 8.03. The molecule has 0 spiro atoms. The Labute approximate surface area is 160 Å². The van der Waals surface area contributed by atoms with Crippen LogP contribution in [0, 0.1) is 5.92 Å². The van der Waals surface area contributed by atoms with Crippen LogP contribution in [0.25, 0.3) is 0 Å². The fourth-order valence-electron chi connectivity index (χ4n) is 5.62. The van der Waals surface area contributed by atoms with Crippen molar-refractivity contribution in [1.29, 1.82) is 0 Å². The number of likely N-dealkylation sites (tertiary alicyclic amines) is 1. The molecule has 0 unspecified atom stereocenters. The van der Waals surface area contributed by atoms with Gasteiger partial charge in [-0.25, -0.2) is 0 Å². The molecular formula is C23H26N2O2. The van der Waals surface area contributed by atoms with Crippen LogP contribution >= 0.6 is 0 Å². The number of para-hydroxylation sites is 1. The highest BCUT2D eigenvalue weighted by molar-refractivity contribution is 5.97. The summed E-state index contributed by atoms with van der Waals surface area (Å²) in [5, 5.41) is 0. The van der Waals surface area contributed by atoms with Crippen LogP contribution in [-0.4, -0.2) is 54.5 Å². The molecule has 0 aliphatic carbocycles. The van der Waals surface area contributed by atoms with Crippen molar-refractivity contribution >= 4 is 5.91 Å². The van der Waals surface area contributed by atoms with Crippen LogP contribution in [0.1, 0.15) is 34.7 Å². The molecule has 4 aliphatic rings. The van der Waals surface area contributed by atoms with Crippen LogP contribution in [0.5, 0.6) is 5.75 Å². The standard InChI is InChI=1S/C23H26N2O2/c1-27-20-10-6-5-9-18(20)23(26)25-15-19(16-7-3-2-4-8-16)22-21(25)17-11-13-24(22)14-12-17/h2-10,17,19,21-22H,11-15H2,1H3/t19-,21-,22-/m0/s1. The van der Waals surface area contributed by atoms with E-state index in [1.54, 1.807) is 7.11 Å². The molecule has 27 heavy (non-hydrogen) atoms. The lowest BCUT2D eigenvalue weighted by atomic mass is 9.75. The van der Waals surface area contributed by atoms with Crippen molar-refractivity contribution in [2.75, 3.05) is 26.7 Å². The Morgan fingerprint density at radius 3 is 2.41 bits per heavy atom. The normalized spacial score (nSPS) is 31.6. The maximum atomic E-state index is 13.6. The highest BCUT2D eigenvalue weighted by atomic mass is 16.5. The van der Waals surface area contributed by atoms with Crippen LogP contribution in [0.4, 0.5) is 0 Å². The fourth-order valence-corrected chi connectivity index (χ4v) is 5.62. The highest BCUT2D eigenvalue weighted by Gasteiger charge is 2.54. The van der Waals surface area contributed by atoms with Gasteiger partial charge in [0.1, 0.15) is 5.75 Å². The summed E-state index contributed by atoms with van der Waals surface area (Å²) in [5.41, 5.74) is 2.04. The van der Waals surface area contributed by atoms with Gasteiger partial charge in [-0.15, -0.1) is 0 Å². The molecule has 3 atom stereocenters. The van der Waals surface area contributed by atoms with E-state index in [2.05, 4.69) is 40.1 Å². The maximum absolute atomic E-state index is 13.6. The molecule has 2 aromatic carbocycles. The van der Waals surface area contributed by atoms with Crippen LogP contribution in [0.3, 0.4) is 0 Å². The van der Waals surface area contributed by atoms with Crippen molar-refractivity contribution in [3.63, 3.8) is 0 Å².